The number of amides is 2. The molecule has 0 radical (unpaired) electrons. The Labute approximate surface area is 187 Å². The first-order valence-electron chi connectivity index (χ1n) is 10.5. The maximum Gasteiger partial charge on any atom is 0.307 e. The van der Waals surface area contributed by atoms with E-state index in [1.54, 1.807) is 47.4 Å². The van der Waals surface area contributed by atoms with Crippen LogP contribution in [0.2, 0.25) is 0 Å². The van der Waals surface area contributed by atoms with Gasteiger partial charge in [-0.1, -0.05) is 6.07 Å². The van der Waals surface area contributed by atoms with Crippen LogP contribution in [0.1, 0.15) is 47.6 Å². The molecular formula is C24H28N2O6. The summed E-state index contributed by atoms with van der Waals surface area (Å²) in [7, 11) is 4.35. The molecule has 8 nitrogen and oxygen atoms in total. The van der Waals surface area contributed by atoms with E-state index in [4.69, 9.17) is 14.2 Å². The number of nitrogens with zero attached hydrogens (tertiary/aromatic N) is 1. The third kappa shape index (κ3) is 5.38. The maximum atomic E-state index is 12.9. The summed E-state index contributed by atoms with van der Waals surface area (Å²) >= 11 is 0. The largest absolute Gasteiger partial charge is 0.493 e. The number of carbonyl (C=O) groups excluding carboxylic acids is 3. The van der Waals surface area contributed by atoms with Gasteiger partial charge in [0, 0.05) is 24.2 Å². The van der Waals surface area contributed by atoms with E-state index in [1.165, 1.54) is 21.3 Å². The van der Waals surface area contributed by atoms with Crippen LogP contribution in [0.5, 0.6) is 11.5 Å². The average Bonchev–Trinajstić information content (AvgIpc) is 2.83. The molecular weight excluding hydrogens is 412 g/mol. The fraction of sp³-hybridized carbons (Fsp3) is 0.375. The average molecular weight is 440 g/mol. The number of esters is 1. The topological polar surface area (TPSA) is 94.2 Å². The van der Waals surface area contributed by atoms with Gasteiger partial charge in [0.15, 0.2) is 11.5 Å². The lowest BCUT2D eigenvalue weighted by Crippen LogP contribution is -2.35. The molecule has 0 bridgehead atoms. The Morgan fingerprint density at radius 1 is 1.00 bits per heavy atom. The normalized spacial score (nSPS) is 14.5. The van der Waals surface area contributed by atoms with E-state index in [-0.39, 0.29) is 18.2 Å². The van der Waals surface area contributed by atoms with Gasteiger partial charge in [-0.25, -0.2) is 0 Å². The number of ether oxygens (including phenoxy) is 3. The lowest BCUT2D eigenvalue weighted by Gasteiger charge is -2.27. The first-order chi connectivity index (χ1) is 15.5. The fourth-order valence-electron chi connectivity index (χ4n) is 3.68. The van der Waals surface area contributed by atoms with E-state index in [1.807, 2.05) is 0 Å². The second kappa shape index (κ2) is 10.7. The molecule has 1 fully saturated rings. The molecule has 0 spiro atoms. The number of anilines is 1. The number of carbonyl (C=O) groups is 3. The molecule has 1 N–H and O–H groups in total. The van der Waals surface area contributed by atoms with Crippen molar-refractivity contribution in [2.75, 3.05) is 32.8 Å². The number of piperidine rings is 1. The Bertz CT molecular complexity index is 973. The van der Waals surface area contributed by atoms with Crippen LogP contribution in [0.4, 0.5) is 5.69 Å². The zero-order valence-electron chi connectivity index (χ0n) is 18.6. The van der Waals surface area contributed by atoms with Gasteiger partial charge in [-0.15, -0.1) is 0 Å². The lowest BCUT2D eigenvalue weighted by molar-refractivity contribution is -0.141. The monoisotopic (exact) mass is 440 g/mol. The minimum atomic E-state index is -0.627. The third-order valence-electron chi connectivity index (χ3n) is 5.48. The van der Waals surface area contributed by atoms with Crippen molar-refractivity contribution >= 4 is 23.5 Å². The summed E-state index contributed by atoms with van der Waals surface area (Å²) in [6.07, 6.45) is 2.38. The van der Waals surface area contributed by atoms with Crippen LogP contribution in [-0.4, -0.2) is 45.7 Å². The summed E-state index contributed by atoms with van der Waals surface area (Å²) in [6, 6.07) is 11.5. The Kier molecular flexibility index (Phi) is 7.70. The van der Waals surface area contributed by atoms with Gasteiger partial charge in [0.1, 0.15) is 0 Å². The van der Waals surface area contributed by atoms with Crippen molar-refractivity contribution in [3.63, 3.8) is 0 Å². The molecule has 8 heteroatoms. The standard InChI is InChI=1S/C24H28N2O6/c1-30-20-12-9-17(14-21(20)31-2)19(15-23(28)32-3)25-24(29)16-7-10-18(11-8-16)26-13-5-4-6-22(26)27/h7-12,14,19H,4-6,13,15H2,1-3H3,(H,25,29)/t19-/m0/s1. The molecule has 0 aliphatic carbocycles. The summed E-state index contributed by atoms with van der Waals surface area (Å²) in [6.45, 7) is 0.685. The Hall–Kier alpha value is -3.55. The summed E-state index contributed by atoms with van der Waals surface area (Å²) < 4.78 is 15.4. The van der Waals surface area contributed by atoms with Crippen molar-refractivity contribution in [1.82, 2.24) is 5.32 Å². The van der Waals surface area contributed by atoms with Crippen molar-refractivity contribution in [2.45, 2.75) is 31.7 Å². The molecule has 0 aromatic heterocycles. The number of rotatable bonds is 8. The van der Waals surface area contributed by atoms with Gasteiger partial charge in [-0.3, -0.25) is 14.4 Å². The maximum absolute atomic E-state index is 12.9. The quantitative estimate of drug-likeness (QED) is 0.634. The van der Waals surface area contributed by atoms with Crippen LogP contribution in [0, 0.1) is 0 Å². The lowest BCUT2D eigenvalue weighted by atomic mass is 10.0. The van der Waals surface area contributed by atoms with Crippen LogP contribution in [-0.2, 0) is 14.3 Å². The van der Waals surface area contributed by atoms with Gasteiger partial charge in [-0.05, 0) is 54.8 Å². The fourth-order valence-corrected chi connectivity index (χ4v) is 3.68. The van der Waals surface area contributed by atoms with Crippen LogP contribution in [0.25, 0.3) is 0 Å². The molecule has 1 aliphatic rings. The molecule has 0 unspecified atom stereocenters. The highest BCUT2D eigenvalue weighted by atomic mass is 16.5. The van der Waals surface area contributed by atoms with E-state index in [0.717, 1.165) is 18.5 Å². The molecule has 1 saturated heterocycles. The van der Waals surface area contributed by atoms with Crippen LogP contribution in [0.15, 0.2) is 42.5 Å². The molecule has 1 atom stereocenters. The molecule has 0 saturated carbocycles. The zero-order valence-corrected chi connectivity index (χ0v) is 18.6. The first kappa shape index (κ1) is 23.1. The molecule has 1 aliphatic heterocycles. The minimum absolute atomic E-state index is 0.0436. The first-order valence-corrected chi connectivity index (χ1v) is 10.5. The number of benzene rings is 2. The SMILES string of the molecule is COC(=O)C[C@H](NC(=O)c1ccc(N2CCCCC2=O)cc1)c1ccc(OC)c(OC)c1. The summed E-state index contributed by atoms with van der Waals surface area (Å²) in [5.74, 6) is 0.334. The predicted octanol–water partition coefficient (Wildman–Crippen LogP) is 3.25. The molecule has 3 rings (SSSR count). The zero-order chi connectivity index (χ0) is 23.1. The molecule has 2 aromatic carbocycles. The van der Waals surface area contributed by atoms with E-state index < -0.39 is 12.0 Å². The second-order valence-corrected chi connectivity index (χ2v) is 7.47. The molecule has 2 aromatic rings. The number of nitrogens with one attached hydrogen (secondary N) is 1. The van der Waals surface area contributed by atoms with Gasteiger partial charge >= 0.3 is 5.97 Å². The smallest absolute Gasteiger partial charge is 0.307 e. The van der Waals surface area contributed by atoms with Crippen molar-refractivity contribution in [1.29, 1.82) is 0 Å². The second-order valence-electron chi connectivity index (χ2n) is 7.47. The van der Waals surface area contributed by atoms with Crippen LogP contribution < -0.4 is 19.7 Å². The van der Waals surface area contributed by atoms with Gasteiger partial charge in [0.25, 0.3) is 5.91 Å². The molecule has 2 amide bonds. The molecule has 32 heavy (non-hydrogen) atoms. The van der Waals surface area contributed by atoms with Gasteiger partial charge < -0.3 is 24.4 Å². The molecule has 170 valence electrons. The highest BCUT2D eigenvalue weighted by molar-refractivity contribution is 5.97. The summed E-state index contributed by atoms with van der Waals surface area (Å²) in [4.78, 5) is 38.8. The van der Waals surface area contributed by atoms with Gasteiger partial charge in [0.2, 0.25) is 5.91 Å². The number of hydrogen-bond acceptors (Lipinski definition) is 6. The molecule has 1 heterocycles. The van der Waals surface area contributed by atoms with Crippen molar-refractivity contribution in [3.05, 3.63) is 53.6 Å². The number of hydrogen-bond donors (Lipinski definition) is 1. The summed E-state index contributed by atoms with van der Waals surface area (Å²) in [5, 5.41) is 2.89. The minimum Gasteiger partial charge on any atom is -0.493 e. The Balaban J connectivity index is 1.79. The Morgan fingerprint density at radius 2 is 1.72 bits per heavy atom. The van der Waals surface area contributed by atoms with E-state index >= 15 is 0 Å². The highest BCUT2D eigenvalue weighted by Crippen LogP contribution is 2.31. The van der Waals surface area contributed by atoms with E-state index in [9.17, 15) is 14.4 Å². The predicted molar refractivity (Wildman–Crippen MR) is 119 cm³/mol. The van der Waals surface area contributed by atoms with Crippen LogP contribution >= 0.6 is 0 Å². The van der Waals surface area contributed by atoms with Gasteiger partial charge in [-0.2, -0.15) is 0 Å². The van der Waals surface area contributed by atoms with Crippen molar-refractivity contribution in [3.8, 4) is 11.5 Å². The number of methoxy groups -OCH3 is 3. The van der Waals surface area contributed by atoms with Crippen molar-refractivity contribution < 1.29 is 28.6 Å². The summed E-state index contributed by atoms with van der Waals surface area (Å²) in [5.41, 5.74) is 1.88. The third-order valence-corrected chi connectivity index (χ3v) is 5.48. The van der Waals surface area contributed by atoms with Crippen molar-refractivity contribution in [2.24, 2.45) is 0 Å². The van der Waals surface area contributed by atoms with Crippen LogP contribution in [0.3, 0.4) is 0 Å². The van der Waals surface area contributed by atoms with E-state index in [2.05, 4.69) is 5.32 Å². The van der Waals surface area contributed by atoms with Gasteiger partial charge in [0.05, 0.1) is 33.8 Å². The highest BCUT2D eigenvalue weighted by Gasteiger charge is 2.23. The Morgan fingerprint density at radius 3 is 2.34 bits per heavy atom. The van der Waals surface area contributed by atoms with E-state index in [0.29, 0.717) is 35.6 Å².